The van der Waals surface area contributed by atoms with Crippen molar-refractivity contribution in [3.63, 3.8) is 0 Å². The Kier molecular flexibility index (Phi) is 4.75. The first kappa shape index (κ1) is 18.4. The average Bonchev–Trinajstić information content (AvgIpc) is 2.55. The van der Waals surface area contributed by atoms with Gasteiger partial charge in [-0.2, -0.15) is 0 Å². The number of nitrogens with zero attached hydrogens (tertiary/aromatic N) is 1. The van der Waals surface area contributed by atoms with Crippen LogP contribution in [0.3, 0.4) is 0 Å². The monoisotopic (exact) mass is 344 g/mol. The summed E-state index contributed by atoms with van der Waals surface area (Å²) >= 11 is 0. The Morgan fingerprint density at radius 3 is 2.00 bits per heavy atom. The van der Waals surface area contributed by atoms with E-state index < -0.39 is 0 Å². The fourth-order valence-corrected chi connectivity index (χ4v) is 3.63. The lowest BCUT2D eigenvalue weighted by molar-refractivity contribution is -0.660. The molecule has 26 heavy (non-hydrogen) atoms. The number of hydrogen-bond acceptors (Lipinski definition) is 0. The molecule has 1 heteroatoms. The first-order valence-corrected chi connectivity index (χ1v) is 9.36. The van der Waals surface area contributed by atoms with Gasteiger partial charge in [-0.3, -0.25) is 0 Å². The van der Waals surface area contributed by atoms with E-state index in [0.29, 0.717) is 0 Å². The molecule has 0 radical (unpaired) electrons. The molecule has 0 spiro atoms. The van der Waals surface area contributed by atoms with Crippen LogP contribution in [0.5, 0.6) is 0 Å². The minimum Gasteiger partial charge on any atom is -0.201 e. The Morgan fingerprint density at radius 1 is 0.692 bits per heavy atom. The second-order valence-electron chi connectivity index (χ2n) is 8.46. The van der Waals surface area contributed by atoms with Crippen molar-refractivity contribution in [1.29, 1.82) is 0 Å². The Bertz CT molecular complexity index is 958. The zero-order chi connectivity index (χ0) is 19.1. The van der Waals surface area contributed by atoms with Gasteiger partial charge in [0.05, 0.1) is 0 Å². The normalized spacial score (nSPS) is 11.7. The average molecular weight is 345 g/mol. The summed E-state index contributed by atoms with van der Waals surface area (Å²) in [6, 6.07) is 17.9. The van der Waals surface area contributed by atoms with Gasteiger partial charge in [-0.15, -0.1) is 0 Å². The summed E-state index contributed by atoms with van der Waals surface area (Å²) in [5.74, 6) is 0. The zero-order valence-electron chi connectivity index (χ0n) is 17.1. The molecule has 0 saturated heterocycles. The van der Waals surface area contributed by atoms with E-state index in [1.807, 2.05) is 0 Å². The second-order valence-corrected chi connectivity index (χ2v) is 8.46. The maximum atomic E-state index is 2.34. The van der Waals surface area contributed by atoms with Gasteiger partial charge in [-0.05, 0) is 60.1 Å². The van der Waals surface area contributed by atoms with E-state index in [1.54, 1.807) is 0 Å². The van der Waals surface area contributed by atoms with Crippen molar-refractivity contribution >= 4 is 0 Å². The number of aromatic nitrogens is 1. The van der Waals surface area contributed by atoms with Gasteiger partial charge in [-0.1, -0.05) is 57.2 Å². The van der Waals surface area contributed by atoms with Crippen LogP contribution in [0.25, 0.3) is 22.4 Å². The third-order valence-electron chi connectivity index (χ3n) is 5.28. The molecular formula is C25H30N+. The molecule has 2 aromatic carbocycles. The summed E-state index contributed by atoms with van der Waals surface area (Å²) in [7, 11) is 2.14. The summed E-state index contributed by atoms with van der Waals surface area (Å²) in [5, 5.41) is 0. The largest absolute Gasteiger partial charge is 0.213 e. The highest BCUT2D eigenvalue weighted by Crippen LogP contribution is 2.32. The van der Waals surface area contributed by atoms with Crippen LogP contribution in [0, 0.1) is 20.8 Å². The van der Waals surface area contributed by atoms with E-state index in [0.717, 1.165) is 0 Å². The quantitative estimate of drug-likeness (QED) is 0.497. The molecule has 0 aliphatic rings. The molecule has 0 atom stereocenters. The number of pyridine rings is 1. The van der Waals surface area contributed by atoms with Crippen molar-refractivity contribution in [2.45, 2.75) is 47.0 Å². The minimum absolute atomic E-state index is 0.172. The van der Waals surface area contributed by atoms with Crippen LogP contribution < -0.4 is 4.57 Å². The summed E-state index contributed by atoms with van der Waals surface area (Å²) in [6.45, 7) is 13.4. The fraction of sp³-hybridized carbons (Fsp3) is 0.320. The van der Waals surface area contributed by atoms with E-state index in [9.17, 15) is 0 Å². The molecule has 0 aliphatic carbocycles. The Labute approximate surface area is 158 Å². The van der Waals surface area contributed by atoms with Crippen LogP contribution in [-0.2, 0) is 12.5 Å². The first-order valence-electron chi connectivity index (χ1n) is 9.36. The number of aryl methyl sites for hydroxylation is 4. The van der Waals surface area contributed by atoms with Crippen molar-refractivity contribution in [3.05, 3.63) is 77.0 Å². The Hall–Kier alpha value is -2.41. The predicted molar refractivity (Wildman–Crippen MR) is 111 cm³/mol. The maximum Gasteiger partial charge on any atom is 0.213 e. The van der Waals surface area contributed by atoms with E-state index >= 15 is 0 Å². The smallest absolute Gasteiger partial charge is 0.201 e. The van der Waals surface area contributed by atoms with Gasteiger partial charge in [0, 0.05) is 17.2 Å². The summed E-state index contributed by atoms with van der Waals surface area (Å²) in [4.78, 5) is 0. The molecule has 1 nitrogen and oxygen atoms in total. The van der Waals surface area contributed by atoms with Crippen molar-refractivity contribution in [3.8, 4) is 22.4 Å². The van der Waals surface area contributed by atoms with Crippen LogP contribution in [0.4, 0.5) is 0 Å². The van der Waals surface area contributed by atoms with Crippen molar-refractivity contribution in [2.24, 2.45) is 7.05 Å². The van der Waals surface area contributed by atoms with Crippen LogP contribution >= 0.6 is 0 Å². The molecule has 0 amide bonds. The number of hydrogen-bond donors (Lipinski definition) is 0. The molecule has 1 aromatic heterocycles. The lowest BCUT2D eigenvalue weighted by Gasteiger charge is -2.20. The molecule has 0 unspecified atom stereocenters. The van der Waals surface area contributed by atoms with Gasteiger partial charge in [0.2, 0.25) is 5.69 Å². The lowest BCUT2D eigenvalue weighted by atomic mass is 9.85. The lowest BCUT2D eigenvalue weighted by Crippen LogP contribution is -2.31. The van der Waals surface area contributed by atoms with E-state index in [4.69, 9.17) is 0 Å². The molecule has 1 heterocycles. The molecule has 0 aliphatic heterocycles. The van der Waals surface area contributed by atoms with Crippen molar-refractivity contribution < 1.29 is 4.57 Å². The van der Waals surface area contributed by atoms with E-state index in [1.165, 1.54) is 44.6 Å². The first-order chi connectivity index (χ1) is 12.2. The van der Waals surface area contributed by atoms with Crippen LogP contribution in [0.1, 0.15) is 43.0 Å². The predicted octanol–water partition coefficient (Wildman–Crippen LogP) is 6.07. The standard InChI is InChI=1S/C25H30N/c1-17-10-8-9-11-21(17)23-15-24(26(7)16-19(23)3)22-13-12-20(14-18(22)2)25(4,5)6/h8-16H,1-7H3/q+1. The zero-order valence-corrected chi connectivity index (χ0v) is 17.1. The summed E-state index contributed by atoms with van der Waals surface area (Å²) in [5.41, 5.74) is 10.7. The summed E-state index contributed by atoms with van der Waals surface area (Å²) in [6.07, 6.45) is 2.24. The van der Waals surface area contributed by atoms with Crippen molar-refractivity contribution in [1.82, 2.24) is 0 Å². The summed E-state index contributed by atoms with van der Waals surface area (Å²) < 4.78 is 2.25. The second kappa shape index (κ2) is 6.72. The van der Waals surface area contributed by atoms with Gasteiger partial charge in [0.25, 0.3) is 0 Å². The maximum absolute atomic E-state index is 2.34. The molecular weight excluding hydrogens is 314 g/mol. The van der Waals surface area contributed by atoms with E-state index in [-0.39, 0.29) is 5.41 Å². The Balaban J connectivity index is 2.18. The fourth-order valence-electron chi connectivity index (χ4n) is 3.63. The van der Waals surface area contributed by atoms with Gasteiger partial charge < -0.3 is 0 Å². The van der Waals surface area contributed by atoms with Crippen LogP contribution in [0.2, 0.25) is 0 Å². The molecule has 0 bridgehead atoms. The van der Waals surface area contributed by atoms with E-state index in [2.05, 4.69) is 108 Å². The van der Waals surface area contributed by atoms with Gasteiger partial charge in [-0.25, -0.2) is 4.57 Å². The molecule has 134 valence electrons. The molecule has 0 N–H and O–H groups in total. The molecule has 0 saturated carbocycles. The highest BCUT2D eigenvalue weighted by atomic mass is 14.9. The SMILES string of the molecule is Cc1ccccc1-c1cc(-c2ccc(C(C)(C)C)cc2C)[n+](C)cc1C. The van der Waals surface area contributed by atoms with Gasteiger partial charge in [0.15, 0.2) is 6.20 Å². The van der Waals surface area contributed by atoms with Crippen LogP contribution in [0.15, 0.2) is 54.7 Å². The van der Waals surface area contributed by atoms with Crippen LogP contribution in [-0.4, -0.2) is 0 Å². The number of benzene rings is 2. The third-order valence-corrected chi connectivity index (χ3v) is 5.28. The third kappa shape index (κ3) is 3.44. The molecule has 3 rings (SSSR count). The highest BCUT2D eigenvalue weighted by molar-refractivity contribution is 5.74. The number of rotatable bonds is 2. The van der Waals surface area contributed by atoms with Crippen molar-refractivity contribution in [2.75, 3.05) is 0 Å². The molecule has 0 fully saturated rings. The van der Waals surface area contributed by atoms with Gasteiger partial charge >= 0.3 is 0 Å². The molecule has 3 aromatic rings. The van der Waals surface area contributed by atoms with Gasteiger partial charge in [0.1, 0.15) is 7.05 Å². The topological polar surface area (TPSA) is 3.88 Å². The highest BCUT2D eigenvalue weighted by Gasteiger charge is 2.20. The minimum atomic E-state index is 0.172. The Morgan fingerprint density at radius 2 is 1.38 bits per heavy atom.